The Labute approximate surface area is 619 Å². The number of hydrogen-bond donors (Lipinski definition) is 3. The van der Waals surface area contributed by atoms with E-state index in [0.717, 1.165) is 120 Å². The van der Waals surface area contributed by atoms with Crippen LogP contribution in [0.5, 0.6) is 0 Å². The normalized spacial score (nSPS) is 14.3. The van der Waals surface area contributed by atoms with Gasteiger partial charge >= 0.3 is 39.5 Å². The van der Waals surface area contributed by atoms with Gasteiger partial charge in [0.15, 0.2) is 12.2 Å². The van der Waals surface area contributed by atoms with Crippen LogP contribution < -0.4 is 0 Å². The van der Waals surface area contributed by atoms with Crippen LogP contribution >= 0.6 is 15.6 Å². The van der Waals surface area contributed by atoms with Crippen LogP contribution in [0, 0.1) is 23.7 Å². The zero-order valence-corrected chi connectivity index (χ0v) is 68.3. The Morgan fingerprint density at radius 1 is 0.277 bits per heavy atom. The summed E-state index contributed by atoms with van der Waals surface area (Å²) in [5, 5.41) is 10.6. The van der Waals surface area contributed by atoms with E-state index in [9.17, 15) is 43.2 Å². The number of carbonyl (C=O) groups is 4. The van der Waals surface area contributed by atoms with Crippen LogP contribution in [0.4, 0.5) is 0 Å². The average molecular weight is 1480 g/mol. The fourth-order valence-corrected chi connectivity index (χ4v) is 14.2. The molecule has 0 aromatic heterocycles. The van der Waals surface area contributed by atoms with E-state index >= 15 is 0 Å². The van der Waals surface area contributed by atoms with Crippen molar-refractivity contribution in [3.63, 3.8) is 0 Å². The number of hydrogen-bond acceptors (Lipinski definition) is 15. The van der Waals surface area contributed by atoms with Gasteiger partial charge in [0.2, 0.25) is 0 Å². The highest BCUT2D eigenvalue weighted by atomic mass is 31.2. The maximum absolute atomic E-state index is 13.1. The lowest BCUT2D eigenvalue weighted by Crippen LogP contribution is -2.30. The third kappa shape index (κ3) is 74.7. The van der Waals surface area contributed by atoms with E-state index in [2.05, 4.69) is 55.4 Å². The number of phosphoric acid groups is 2. The van der Waals surface area contributed by atoms with Gasteiger partial charge in [-0.25, -0.2) is 9.13 Å². The Hall–Kier alpha value is -1.94. The Morgan fingerprint density at radius 2 is 0.475 bits per heavy atom. The van der Waals surface area contributed by atoms with Gasteiger partial charge in [-0.05, 0) is 49.4 Å². The molecule has 3 N–H and O–H groups in total. The van der Waals surface area contributed by atoms with Gasteiger partial charge in [0.1, 0.15) is 19.3 Å². The maximum atomic E-state index is 13.1. The fourth-order valence-electron chi connectivity index (χ4n) is 12.6. The average Bonchev–Trinajstić information content (AvgIpc) is 0.965. The van der Waals surface area contributed by atoms with Crippen molar-refractivity contribution in [1.29, 1.82) is 0 Å². The first kappa shape index (κ1) is 99.1. The van der Waals surface area contributed by atoms with Gasteiger partial charge in [-0.2, -0.15) is 0 Å². The lowest BCUT2D eigenvalue weighted by atomic mass is 10.00. The molecule has 0 aromatic carbocycles. The molecule has 0 heterocycles. The van der Waals surface area contributed by atoms with Crippen molar-refractivity contribution in [3.05, 3.63) is 0 Å². The summed E-state index contributed by atoms with van der Waals surface area (Å²) in [6.45, 7) is 14.2. The molecule has 0 spiro atoms. The van der Waals surface area contributed by atoms with Gasteiger partial charge in [-0.1, -0.05) is 370 Å². The third-order valence-electron chi connectivity index (χ3n) is 19.4. The number of unbranched alkanes of at least 4 members (excludes halogenated alkanes) is 44. The molecule has 19 heteroatoms. The Morgan fingerprint density at radius 3 is 0.703 bits per heavy atom. The van der Waals surface area contributed by atoms with E-state index in [-0.39, 0.29) is 25.7 Å². The summed E-state index contributed by atoms with van der Waals surface area (Å²) in [5.74, 6) is 0.978. The molecule has 0 aliphatic heterocycles. The topological polar surface area (TPSA) is 237 Å². The van der Waals surface area contributed by atoms with Crippen LogP contribution in [-0.4, -0.2) is 96.7 Å². The highest BCUT2D eigenvalue weighted by Crippen LogP contribution is 2.45. The molecule has 6 atom stereocenters. The first-order chi connectivity index (χ1) is 48.6. The minimum atomic E-state index is -4.96. The Kier molecular flexibility index (Phi) is 69.6. The predicted octanol–water partition coefficient (Wildman–Crippen LogP) is 24.4. The minimum absolute atomic E-state index is 0.105. The van der Waals surface area contributed by atoms with Gasteiger partial charge in [0.05, 0.1) is 26.4 Å². The zero-order valence-electron chi connectivity index (χ0n) is 66.5. The van der Waals surface area contributed by atoms with Gasteiger partial charge in [-0.3, -0.25) is 37.3 Å². The largest absolute Gasteiger partial charge is 0.472 e. The number of esters is 4. The van der Waals surface area contributed by atoms with Crippen molar-refractivity contribution < 1.29 is 80.2 Å². The summed E-state index contributed by atoms with van der Waals surface area (Å²) in [7, 11) is -9.92. The number of aliphatic hydroxyl groups is 1. The van der Waals surface area contributed by atoms with Crippen molar-refractivity contribution in [2.75, 3.05) is 39.6 Å². The molecule has 3 unspecified atom stereocenters. The quantitative estimate of drug-likeness (QED) is 0.0222. The predicted molar refractivity (Wildman–Crippen MR) is 414 cm³/mol. The summed E-state index contributed by atoms with van der Waals surface area (Å²) in [6, 6.07) is 0. The highest BCUT2D eigenvalue weighted by Gasteiger charge is 2.30. The molecule has 0 aliphatic carbocycles. The summed E-state index contributed by atoms with van der Waals surface area (Å²) in [5.41, 5.74) is 0. The second-order valence-corrected chi connectivity index (χ2v) is 34.1. The number of phosphoric ester groups is 2. The Balaban J connectivity index is 5.17. The molecule has 0 saturated heterocycles. The van der Waals surface area contributed by atoms with Gasteiger partial charge in [0, 0.05) is 25.7 Å². The summed E-state index contributed by atoms with van der Waals surface area (Å²) in [4.78, 5) is 73.0. The van der Waals surface area contributed by atoms with Crippen LogP contribution in [0.1, 0.15) is 421 Å². The molecule has 0 aromatic rings. The van der Waals surface area contributed by atoms with E-state index in [4.69, 9.17) is 37.0 Å². The van der Waals surface area contributed by atoms with E-state index in [1.165, 1.54) is 218 Å². The zero-order chi connectivity index (χ0) is 74.6. The van der Waals surface area contributed by atoms with Crippen molar-refractivity contribution >= 4 is 39.5 Å². The van der Waals surface area contributed by atoms with Crippen LogP contribution in [0.15, 0.2) is 0 Å². The molecule has 0 saturated carbocycles. The third-order valence-corrected chi connectivity index (χ3v) is 21.3. The molecule has 0 fully saturated rings. The van der Waals surface area contributed by atoms with Crippen LogP contribution in [0.3, 0.4) is 0 Å². The molecule has 0 radical (unpaired) electrons. The van der Waals surface area contributed by atoms with E-state index < -0.39 is 97.5 Å². The summed E-state index contributed by atoms with van der Waals surface area (Å²) < 4.78 is 68.7. The monoisotopic (exact) mass is 1480 g/mol. The van der Waals surface area contributed by atoms with Crippen LogP contribution in [0.2, 0.25) is 0 Å². The van der Waals surface area contributed by atoms with Gasteiger partial charge < -0.3 is 33.8 Å². The lowest BCUT2D eigenvalue weighted by Gasteiger charge is -2.21. The summed E-state index contributed by atoms with van der Waals surface area (Å²) in [6.07, 6.45) is 58.5. The molecule has 0 aliphatic rings. The second kappa shape index (κ2) is 71.0. The number of aliphatic hydroxyl groups excluding tert-OH is 1. The fraction of sp³-hybridized carbons (Fsp3) is 0.951. The minimum Gasteiger partial charge on any atom is -0.462 e. The molecule has 0 amide bonds. The van der Waals surface area contributed by atoms with Crippen LogP contribution in [-0.2, 0) is 65.4 Å². The number of carbonyl (C=O) groups excluding carboxylic acids is 4. The molecule has 0 bridgehead atoms. The Bertz CT molecular complexity index is 1970. The highest BCUT2D eigenvalue weighted by molar-refractivity contribution is 7.47. The van der Waals surface area contributed by atoms with Crippen molar-refractivity contribution in [3.8, 4) is 0 Å². The molecule has 17 nitrogen and oxygen atoms in total. The molecule has 600 valence electrons. The molecular formula is C82H160O17P2. The smallest absolute Gasteiger partial charge is 0.462 e. The van der Waals surface area contributed by atoms with Crippen molar-refractivity contribution in [2.45, 2.75) is 440 Å². The second-order valence-electron chi connectivity index (χ2n) is 31.2. The van der Waals surface area contributed by atoms with E-state index in [1.807, 2.05) is 0 Å². The van der Waals surface area contributed by atoms with E-state index in [1.54, 1.807) is 0 Å². The molecular weight excluding hydrogens is 1320 g/mol. The van der Waals surface area contributed by atoms with Crippen molar-refractivity contribution in [1.82, 2.24) is 0 Å². The van der Waals surface area contributed by atoms with E-state index in [0.29, 0.717) is 25.7 Å². The SMILES string of the molecule is CCC(C)CCCCCCCCC(=O)OC[C@H](COP(=O)(O)OC[C@H](O)COP(=O)(O)OC[C@@H](COC(=O)CCCCCCCCCCCCCCCCCCCCC(C)C)OC(=O)CCCCCCCCCCCC(C)C)OC(=O)CCCCCCCCCCCCCCCCCC(C)C. The standard InChI is InChI=1S/C82H160O17P2/c1-9-75(8)61-53-45-40-41-47-55-63-80(85)93-69-78(99-81(86)64-56-48-38-32-26-22-18-14-16-20-24-29-35-43-51-59-73(4)5)71-97-101(90,91)95-67-76(83)66-94-100(88,89)96-70-77(98-82(87)65-57-49-39-33-27-30-36-44-52-60-74(6)7)68-92-79(84)62-54-46-37-31-25-21-17-13-11-10-12-15-19-23-28-34-42-50-58-72(2)3/h72-78,83H,9-71H2,1-8H3,(H,88,89)(H,90,91)/t75?,76-,77-,78-/m1/s1. The first-order valence-electron chi connectivity index (χ1n) is 42.2. The summed E-state index contributed by atoms with van der Waals surface area (Å²) >= 11 is 0. The molecule has 101 heavy (non-hydrogen) atoms. The number of rotatable bonds is 79. The lowest BCUT2D eigenvalue weighted by molar-refractivity contribution is -0.161. The van der Waals surface area contributed by atoms with Crippen LogP contribution in [0.25, 0.3) is 0 Å². The maximum Gasteiger partial charge on any atom is 0.472 e. The number of ether oxygens (including phenoxy) is 4. The van der Waals surface area contributed by atoms with Gasteiger partial charge in [-0.15, -0.1) is 0 Å². The first-order valence-corrected chi connectivity index (χ1v) is 45.2. The van der Waals surface area contributed by atoms with Gasteiger partial charge in [0.25, 0.3) is 0 Å². The van der Waals surface area contributed by atoms with Crippen molar-refractivity contribution in [2.24, 2.45) is 23.7 Å². The molecule has 0 rings (SSSR count).